The monoisotopic (exact) mass is 211 g/mol. The Labute approximate surface area is 90.1 Å². The second-order valence-corrected chi connectivity index (χ2v) is 3.84. The van der Waals surface area contributed by atoms with Crippen LogP contribution in [0.25, 0.3) is 0 Å². The summed E-state index contributed by atoms with van der Waals surface area (Å²) in [6.45, 7) is 4.35. The molecule has 2 nitrogen and oxygen atoms in total. The van der Waals surface area contributed by atoms with Gasteiger partial charge in [-0.2, -0.15) is 0 Å². The van der Waals surface area contributed by atoms with Gasteiger partial charge in [0, 0.05) is 11.6 Å². The zero-order valence-corrected chi connectivity index (χ0v) is 9.20. The number of hydrogen-bond acceptors (Lipinski definition) is 2. The first-order chi connectivity index (χ1) is 7.11. The smallest absolute Gasteiger partial charge is 0.127 e. The predicted octanol–water partition coefficient (Wildman–Crippen LogP) is 2.25. The molecule has 1 unspecified atom stereocenters. The van der Waals surface area contributed by atoms with Gasteiger partial charge in [0.25, 0.3) is 0 Å². The minimum Gasteiger partial charge on any atom is -0.393 e. The molecule has 84 valence electrons. The van der Waals surface area contributed by atoms with E-state index in [1.807, 2.05) is 13.0 Å². The highest BCUT2D eigenvalue weighted by molar-refractivity contribution is 5.20. The fourth-order valence-electron chi connectivity index (χ4n) is 1.44. The van der Waals surface area contributed by atoms with E-state index in [0.29, 0.717) is 18.5 Å². The number of nitrogens with one attached hydrogen (secondary N) is 1. The fourth-order valence-corrected chi connectivity index (χ4v) is 1.44. The van der Waals surface area contributed by atoms with Gasteiger partial charge in [-0.05, 0) is 32.9 Å². The molecule has 1 aromatic rings. The maximum atomic E-state index is 13.3. The maximum absolute atomic E-state index is 13.3. The SMILES string of the molecule is CC(O)CCN[C@H](C)c1ccccc1F. The summed E-state index contributed by atoms with van der Waals surface area (Å²) in [7, 11) is 0. The van der Waals surface area contributed by atoms with Crippen LogP contribution in [0, 0.1) is 5.82 Å². The molecule has 2 N–H and O–H groups in total. The van der Waals surface area contributed by atoms with Crippen molar-refractivity contribution < 1.29 is 9.50 Å². The first-order valence-corrected chi connectivity index (χ1v) is 5.27. The molecule has 0 heterocycles. The summed E-state index contributed by atoms with van der Waals surface area (Å²) in [6.07, 6.45) is 0.365. The average molecular weight is 211 g/mol. The Balaban J connectivity index is 2.47. The molecule has 2 atom stereocenters. The van der Waals surface area contributed by atoms with Crippen LogP contribution >= 0.6 is 0 Å². The Hall–Kier alpha value is -0.930. The summed E-state index contributed by atoms with van der Waals surface area (Å²) in [6, 6.07) is 6.72. The van der Waals surface area contributed by atoms with Crippen LogP contribution in [-0.2, 0) is 0 Å². The molecule has 1 aromatic carbocycles. The van der Waals surface area contributed by atoms with E-state index in [0.717, 1.165) is 0 Å². The van der Waals surface area contributed by atoms with Crippen molar-refractivity contribution in [3.8, 4) is 0 Å². The quantitative estimate of drug-likeness (QED) is 0.783. The predicted molar refractivity (Wildman–Crippen MR) is 59.1 cm³/mol. The van der Waals surface area contributed by atoms with E-state index in [-0.39, 0.29) is 18.0 Å². The second-order valence-electron chi connectivity index (χ2n) is 3.84. The van der Waals surface area contributed by atoms with E-state index in [9.17, 15) is 4.39 Å². The van der Waals surface area contributed by atoms with Gasteiger partial charge in [0.2, 0.25) is 0 Å². The molecule has 0 aromatic heterocycles. The Morgan fingerprint density at radius 2 is 2.00 bits per heavy atom. The summed E-state index contributed by atoms with van der Waals surface area (Å²) in [5.74, 6) is -0.186. The molecule has 3 heteroatoms. The summed E-state index contributed by atoms with van der Waals surface area (Å²) in [5.41, 5.74) is 0.670. The Kier molecular flexibility index (Phi) is 4.72. The molecule has 0 amide bonds. The Bertz CT molecular complexity index is 301. The van der Waals surface area contributed by atoms with Gasteiger partial charge in [-0.25, -0.2) is 4.39 Å². The van der Waals surface area contributed by atoms with Crippen molar-refractivity contribution in [2.45, 2.75) is 32.4 Å². The van der Waals surface area contributed by atoms with Gasteiger partial charge in [0.15, 0.2) is 0 Å². The Morgan fingerprint density at radius 1 is 1.33 bits per heavy atom. The lowest BCUT2D eigenvalue weighted by Gasteiger charge is -2.15. The van der Waals surface area contributed by atoms with E-state index in [2.05, 4.69) is 5.32 Å². The van der Waals surface area contributed by atoms with Crippen LogP contribution in [-0.4, -0.2) is 17.8 Å². The summed E-state index contributed by atoms with van der Waals surface area (Å²) in [4.78, 5) is 0. The maximum Gasteiger partial charge on any atom is 0.127 e. The number of aliphatic hydroxyl groups is 1. The number of benzene rings is 1. The first kappa shape index (κ1) is 12.1. The van der Waals surface area contributed by atoms with Crippen molar-refractivity contribution in [2.75, 3.05) is 6.54 Å². The largest absolute Gasteiger partial charge is 0.393 e. The van der Waals surface area contributed by atoms with Gasteiger partial charge < -0.3 is 10.4 Å². The highest BCUT2D eigenvalue weighted by Gasteiger charge is 2.09. The third-order valence-electron chi connectivity index (χ3n) is 2.38. The van der Waals surface area contributed by atoms with Crippen molar-refractivity contribution >= 4 is 0 Å². The molecule has 0 fully saturated rings. The van der Waals surface area contributed by atoms with Gasteiger partial charge in [0.1, 0.15) is 5.82 Å². The standard InChI is InChI=1S/C12H18FNO/c1-9(15)7-8-14-10(2)11-5-3-4-6-12(11)13/h3-6,9-10,14-15H,7-8H2,1-2H3/t9?,10-/m1/s1. The van der Waals surface area contributed by atoms with E-state index >= 15 is 0 Å². The lowest BCUT2D eigenvalue weighted by molar-refractivity contribution is 0.182. The summed E-state index contributed by atoms with van der Waals surface area (Å²) >= 11 is 0. The molecule has 1 rings (SSSR count). The van der Waals surface area contributed by atoms with Crippen LogP contribution in [0.1, 0.15) is 31.9 Å². The zero-order chi connectivity index (χ0) is 11.3. The highest BCUT2D eigenvalue weighted by Crippen LogP contribution is 2.15. The molecule has 0 radical (unpaired) electrons. The van der Waals surface area contributed by atoms with Crippen molar-refractivity contribution in [2.24, 2.45) is 0 Å². The molecule has 0 saturated heterocycles. The molecule has 0 aliphatic heterocycles. The van der Waals surface area contributed by atoms with Crippen LogP contribution in [0.4, 0.5) is 4.39 Å². The second kappa shape index (κ2) is 5.83. The number of halogens is 1. The molecular formula is C12H18FNO. The van der Waals surface area contributed by atoms with Crippen molar-refractivity contribution in [3.63, 3.8) is 0 Å². The topological polar surface area (TPSA) is 32.3 Å². The van der Waals surface area contributed by atoms with Crippen LogP contribution in [0.5, 0.6) is 0 Å². The summed E-state index contributed by atoms with van der Waals surface area (Å²) < 4.78 is 13.3. The van der Waals surface area contributed by atoms with Crippen molar-refractivity contribution in [1.29, 1.82) is 0 Å². The van der Waals surface area contributed by atoms with Crippen molar-refractivity contribution in [3.05, 3.63) is 35.6 Å². The van der Waals surface area contributed by atoms with Gasteiger partial charge in [-0.15, -0.1) is 0 Å². The van der Waals surface area contributed by atoms with E-state index in [4.69, 9.17) is 5.11 Å². The molecule has 0 aliphatic carbocycles. The lowest BCUT2D eigenvalue weighted by atomic mass is 10.1. The average Bonchev–Trinajstić information content (AvgIpc) is 2.17. The third-order valence-corrected chi connectivity index (χ3v) is 2.38. The molecule has 15 heavy (non-hydrogen) atoms. The molecule has 0 bridgehead atoms. The van der Waals surface area contributed by atoms with E-state index in [1.165, 1.54) is 6.07 Å². The lowest BCUT2D eigenvalue weighted by Crippen LogP contribution is -2.23. The third kappa shape index (κ3) is 3.98. The molecule has 0 aliphatic rings. The van der Waals surface area contributed by atoms with Crippen LogP contribution < -0.4 is 5.32 Å². The normalized spacial score (nSPS) is 14.9. The molecule has 0 spiro atoms. The number of aliphatic hydroxyl groups excluding tert-OH is 1. The first-order valence-electron chi connectivity index (χ1n) is 5.27. The van der Waals surface area contributed by atoms with E-state index in [1.54, 1.807) is 19.1 Å². The van der Waals surface area contributed by atoms with Crippen LogP contribution in [0.3, 0.4) is 0 Å². The zero-order valence-electron chi connectivity index (χ0n) is 9.20. The number of hydrogen-bond donors (Lipinski definition) is 2. The van der Waals surface area contributed by atoms with E-state index < -0.39 is 0 Å². The van der Waals surface area contributed by atoms with Crippen LogP contribution in [0.15, 0.2) is 24.3 Å². The van der Waals surface area contributed by atoms with Gasteiger partial charge in [-0.3, -0.25) is 0 Å². The fraction of sp³-hybridized carbons (Fsp3) is 0.500. The van der Waals surface area contributed by atoms with Crippen LogP contribution in [0.2, 0.25) is 0 Å². The molecular weight excluding hydrogens is 193 g/mol. The highest BCUT2D eigenvalue weighted by atomic mass is 19.1. The minimum absolute atomic E-state index is 0.0232. The summed E-state index contributed by atoms with van der Waals surface area (Å²) in [5, 5.41) is 12.2. The number of rotatable bonds is 5. The van der Waals surface area contributed by atoms with Gasteiger partial charge in [-0.1, -0.05) is 18.2 Å². The van der Waals surface area contributed by atoms with Gasteiger partial charge >= 0.3 is 0 Å². The van der Waals surface area contributed by atoms with Crippen molar-refractivity contribution in [1.82, 2.24) is 5.32 Å². The molecule has 0 saturated carbocycles. The van der Waals surface area contributed by atoms with Gasteiger partial charge in [0.05, 0.1) is 6.10 Å². The Morgan fingerprint density at radius 3 is 2.60 bits per heavy atom. The minimum atomic E-state index is -0.315.